The van der Waals surface area contributed by atoms with Crippen LogP contribution in [0.3, 0.4) is 0 Å². The zero-order chi connectivity index (χ0) is 13.3. The lowest BCUT2D eigenvalue weighted by Crippen LogP contribution is -2.24. The third kappa shape index (κ3) is 8.38. The fourth-order valence-electron chi connectivity index (χ4n) is 0.815. The Balaban J connectivity index is 3.66. The number of carboxylic acids is 1. The van der Waals surface area contributed by atoms with Crippen LogP contribution >= 0.6 is 12.2 Å². The summed E-state index contributed by atoms with van der Waals surface area (Å²) in [5, 5.41) is 15.4. The van der Waals surface area contributed by atoms with Gasteiger partial charge in [-0.05, 0) is 38.4 Å². The zero-order valence-corrected chi connectivity index (χ0v) is 11.0. The van der Waals surface area contributed by atoms with Crippen molar-refractivity contribution in [3.8, 4) is 0 Å². The topological polar surface area (TPSA) is 70.9 Å². The van der Waals surface area contributed by atoms with E-state index in [0.717, 1.165) is 12.1 Å². The van der Waals surface area contributed by atoms with Crippen LogP contribution < -0.4 is 5.32 Å². The Bertz CT molecular complexity index is 327. The lowest BCUT2D eigenvalue weighted by Gasteiger charge is -2.05. The molecule has 0 amide bonds. The minimum Gasteiger partial charge on any atom is -0.478 e. The van der Waals surface area contributed by atoms with Crippen LogP contribution in [-0.2, 0) is 9.63 Å². The van der Waals surface area contributed by atoms with E-state index in [-0.39, 0.29) is 10.7 Å². The molecule has 96 valence electrons. The van der Waals surface area contributed by atoms with Crippen molar-refractivity contribution in [2.75, 3.05) is 6.54 Å². The average molecular weight is 258 g/mol. The van der Waals surface area contributed by atoms with E-state index in [4.69, 9.17) is 22.2 Å². The quantitative estimate of drug-likeness (QED) is 0.240. The normalized spacial score (nSPS) is 10.8. The molecule has 0 bridgehead atoms. The van der Waals surface area contributed by atoms with E-state index in [1.807, 2.05) is 13.8 Å². The van der Waals surface area contributed by atoms with Crippen LogP contribution in [0.15, 0.2) is 17.3 Å². The van der Waals surface area contributed by atoms with Crippen molar-refractivity contribution in [1.82, 2.24) is 5.32 Å². The molecule has 0 fully saturated rings. The number of aliphatic carboxylic acids is 1. The Morgan fingerprint density at radius 3 is 2.76 bits per heavy atom. The molecule has 17 heavy (non-hydrogen) atoms. The summed E-state index contributed by atoms with van der Waals surface area (Å²) in [6.45, 7) is 7.78. The zero-order valence-electron chi connectivity index (χ0n) is 10.2. The van der Waals surface area contributed by atoms with Gasteiger partial charge in [0.05, 0.1) is 5.71 Å². The molecule has 0 aliphatic heterocycles. The second-order valence-electron chi connectivity index (χ2n) is 3.50. The summed E-state index contributed by atoms with van der Waals surface area (Å²) in [6, 6.07) is 0. The highest BCUT2D eigenvalue weighted by atomic mass is 32.1. The molecule has 5 nitrogen and oxygen atoms in total. The molecule has 0 aromatic carbocycles. The smallest absolute Gasteiger partial charge is 0.330 e. The molecule has 0 saturated carbocycles. The molecule has 0 aliphatic rings. The van der Waals surface area contributed by atoms with E-state index in [9.17, 15) is 4.79 Å². The van der Waals surface area contributed by atoms with E-state index < -0.39 is 5.97 Å². The molecule has 0 heterocycles. The van der Waals surface area contributed by atoms with E-state index in [0.29, 0.717) is 19.4 Å². The van der Waals surface area contributed by atoms with E-state index >= 15 is 0 Å². The maximum atomic E-state index is 10.4. The van der Waals surface area contributed by atoms with Crippen LogP contribution in [0.5, 0.6) is 0 Å². The van der Waals surface area contributed by atoms with Crippen LogP contribution in [0.1, 0.15) is 33.1 Å². The monoisotopic (exact) mass is 258 g/mol. The van der Waals surface area contributed by atoms with Gasteiger partial charge in [-0.3, -0.25) is 0 Å². The molecule has 0 aromatic rings. The van der Waals surface area contributed by atoms with Crippen LogP contribution in [0.2, 0.25) is 0 Å². The summed E-state index contributed by atoms with van der Waals surface area (Å²) >= 11 is 4.87. The van der Waals surface area contributed by atoms with Gasteiger partial charge < -0.3 is 15.3 Å². The first-order chi connectivity index (χ1) is 7.97. The Labute approximate surface area is 107 Å². The lowest BCUT2D eigenvalue weighted by molar-refractivity contribution is -0.132. The van der Waals surface area contributed by atoms with Gasteiger partial charge >= 0.3 is 5.97 Å². The Morgan fingerprint density at radius 1 is 1.59 bits per heavy atom. The van der Waals surface area contributed by atoms with Gasteiger partial charge in [-0.25, -0.2) is 4.79 Å². The second kappa shape index (κ2) is 8.69. The standard InChI is InChI=1S/C11H18N2O3S/c1-4-9(3)13-16-11(17)12-7-5-6-8(2)10(14)15/h2,4-7H2,1,3H3,(H,12,17)(H,14,15). The maximum absolute atomic E-state index is 10.4. The number of rotatable bonds is 7. The Kier molecular flexibility index (Phi) is 7.96. The second-order valence-corrected chi connectivity index (χ2v) is 3.87. The molecule has 0 aromatic heterocycles. The molecule has 0 aliphatic carbocycles. The third-order valence-electron chi connectivity index (χ3n) is 2.02. The summed E-state index contributed by atoms with van der Waals surface area (Å²) in [5.74, 6) is -0.966. The number of oxime groups is 1. The van der Waals surface area contributed by atoms with Crippen molar-refractivity contribution in [1.29, 1.82) is 0 Å². The fraction of sp³-hybridized carbons (Fsp3) is 0.545. The molecule has 0 unspecified atom stereocenters. The molecular formula is C11H18N2O3S. The number of hydrogen-bond acceptors (Lipinski definition) is 4. The SMILES string of the molecule is C=C(CCCNC(=S)ON=C(C)CC)C(=O)O. The molecule has 0 saturated heterocycles. The predicted molar refractivity (Wildman–Crippen MR) is 71.1 cm³/mol. The third-order valence-corrected chi connectivity index (χ3v) is 2.24. The van der Waals surface area contributed by atoms with Crippen molar-refractivity contribution in [3.63, 3.8) is 0 Å². The highest BCUT2D eigenvalue weighted by molar-refractivity contribution is 7.80. The van der Waals surface area contributed by atoms with Crippen molar-refractivity contribution >= 4 is 29.1 Å². The summed E-state index contributed by atoms with van der Waals surface area (Å²) in [4.78, 5) is 15.4. The summed E-state index contributed by atoms with van der Waals surface area (Å²) < 4.78 is 0. The van der Waals surface area contributed by atoms with Crippen molar-refractivity contribution < 1.29 is 14.7 Å². The first-order valence-corrected chi connectivity index (χ1v) is 5.77. The summed E-state index contributed by atoms with van der Waals surface area (Å²) in [5.41, 5.74) is 1.05. The Hall–Kier alpha value is -1.43. The van der Waals surface area contributed by atoms with E-state index in [1.165, 1.54) is 0 Å². The highest BCUT2D eigenvalue weighted by Crippen LogP contribution is 2.00. The number of carboxylic acid groups (broad SMARTS) is 1. The molecule has 0 spiro atoms. The van der Waals surface area contributed by atoms with Crippen molar-refractivity contribution in [2.24, 2.45) is 5.16 Å². The number of nitrogens with zero attached hydrogens (tertiary/aromatic N) is 1. The average Bonchev–Trinajstić information content (AvgIpc) is 2.30. The first-order valence-electron chi connectivity index (χ1n) is 5.36. The van der Waals surface area contributed by atoms with Gasteiger partial charge in [-0.1, -0.05) is 18.7 Å². The maximum Gasteiger partial charge on any atom is 0.330 e. The van der Waals surface area contributed by atoms with Gasteiger partial charge in [0.25, 0.3) is 5.17 Å². The van der Waals surface area contributed by atoms with Gasteiger partial charge in [-0.2, -0.15) is 0 Å². The van der Waals surface area contributed by atoms with Gasteiger partial charge in [0, 0.05) is 12.1 Å². The fourth-order valence-corrected chi connectivity index (χ4v) is 0.955. The van der Waals surface area contributed by atoms with Crippen LogP contribution in [0.4, 0.5) is 0 Å². The van der Waals surface area contributed by atoms with Crippen LogP contribution in [0, 0.1) is 0 Å². The van der Waals surface area contributed by atoms with E-state index in [1.54, 1.807) is 0 Å². The minimum atomic E-state index is -0.966. The predicted octanol–water partition coefficient (Wildman–Crippen LogP) is 2.08. The minimum absolute atomic E-state index is 0.193. The lowest BCUT2D eigenvalue weighted by atomic mass is 10.2. The van der Waals surface area contributed by atoms with Gasteiger partial charge in [0.15, 0.2) is 0 Å². The first kappa shape index (κ1) is 15.6. The molecule has 6 heteroatoms. The van der Waals surface area contributed by atoms with Crippen LogP contribution in [-0.4, -0.2) is 28.5 Å². The highest BCUT2D eigenvalue weighted by Gasteiger charge is 2.03. The number of nitrogens with one attached hydrogen (secondary N) is 1. The van der Waals surface area contributed by atoms with Gasteiger partial charge in [0.2, 0.25) is 0 Å². The van der Waals surface area contributed by atoms with Gasteiger partial charge in [-0.15, -0.1) is 0 Å². The van der Waals surface area contributed by atoms with E-state index in [2.05, 4.69) is 17.1 Å². The summed E-state index contributed by atoms with van der Waals surface area (Å²) in [6.07, 6.45) is 1.86. The molecular weight excluding hydrogens is 240 g/mol. The summed E-state index contributed by atoms with van der Waals surface area (Å²) in [7, 11) is 0. The van der Waals surface area contributed by atoms with Crippen molar-refractivity contribution in [3.05, 3.63) is 12.2 Å². The largest absolute Gasteiger partial charge is 0.478 e. The number of carbonyl (C=O) groups is 1. The Morgan fingerprint density at radius 2 is 2.24 bits per heavy atom. The number of thiocarbonyl (C=S) groups is 1. The van der Waals surface area contributed by atoms with Crippen molar-refractivity contribution in [2.45, 2.75) is 33.1 Å². The molecule has 0 rings (SSSR count). The molecule has 0 atom stereocenters. The molecule has 0 radical (unpaired) electrons. The molecule has 2 N–H and O–H groups in total. The number of hydrogen-bond donors (Lipinski definition) is 2. The van der Waals surface area contributed by atoms with Crippen LogP contribution in [0.25, 0.3) is 0 Å². The van der Waals surface area contributed by atoms with Gasteiger partial charge in [0.1, 0.15) is 0 Å².